The number of carbonyl (C=O) groups is 2. The van der Waals surface area contributed by atoms with E-state index in [1.165, 1.54) is 12.1 Å². The molecule has 0 aliphatic carbocycles. The molecule has 19 heavy (non-hydrogen) atoms. The van der Waals surface area contributed by atoms with E-state index in [2.05, 4.69) is 5.48 Å². The molecule has 2 N–H and O–H groups in total. The lowest BCUT2D eigenvalue weighted by Crippen LogP contribution is -2.14. The molecule has 0 unspecified atom stereocenters. The van der Waals surface area contributed by atoms with Crippen LogP contribution < -0.4 is 5.48 Å². The van der Waals surface area contributed by atoms with Crippen molar-refractivity contribution in [1.29, 1.82) is 0 Å². The van der Waals surface area contributed by atoms with E-state index in [0.29, 0.717) is 5.69 Å². The van der Waals surface area contributed by atoms with Crippen molar-refractivity contribution in [3.63, 3.8) is 0 Å². The van der Waals surface area contributed by atoms with Gasteiger partial charge in [0.15, 0.2) is 0 Å². The van der Waals surface area contributed by atoms with Crippen molar-refractivity contribution in [2.45, 2.75) is 0 Å². The number of hydrogen-bond acceptors (Lipinski definition) is 4. The lowest BCUT2D eigenvalue weighted by molar-refractivity contribution is 0.0579. The van der Waals surface area contributed by atoms with E-state index in [0.717, 1.165) is 0 Å². The van der Waals surface area contributed by atoms with Crippen molar-refractivity contribution in [3.8, 4) is 0 Å². The maximum atomic E-state index is 11.8. The Balaban J connectivity index is 2.10. The van der Waals surface area contributed by atoms with E-state index < -0.39 is 11.9 Å². The van der Waals surface area contributed by atoms with Crippen molar-refractivity contribution >= 4 is 17.6 Å². The molecule has 0 aliphatic rings. The van der Waals surface area contributed by atoms with Gasteiger partial charge in [-0.15, -0.1) is 0 Å². The molecule has 0 atom stereocenters. The summed E-state index contributed by atoms with van der Waals surface area (Å²) in [5.41, 5.74) is 2.97. The summed E-state index contributed by atoms with van der Waals surface area (Å²) in [4.78, 5) is 27.6. The van der Waals surface area contributed by atoms with E-state index >= 15 is 0 Å². The number of benzene rings is 2. The van der Waals surface area contributed by atoms with Gasteiger partial charge in [0.25, 0.3) is 0 Å². The number of carbonyl (C=O) groups excluding carboxylic acids is 1. The Morgan fingerprint density at radius 3 is 2.11 bits per heavy atom. The molecule has 96 valence electrons. The van der Waals surface area contributed by atoms with Gasteiger partial charge >= 0.3 is 11.9 Å². The average molecular weight is 257 g/mol. The third-order valence-corrected chi connectivity index (χ3v) is 2.41. The number of aromatic carboxylic acids is 1. The summed E-state index contributed by atoms with van der Waals surface area (Å²) in [6.45, 7) is 0. The van der Waals surface area contributed by atoms with Gasteiger partial charge in [0.05, 0.1) is 16.8 Å². The Labute approximate surface area is 109 Å². The first-order valence-electron chi connectivity index (χ1n) is 5.53. The lowest BCUT2D eigenvalue weighted by atomic mass is 10.1. The molecule has 2 rings (SSSR count). The Morgan fingerprint density at radius 1 is 0.895 bits per heavy atom. The summed E-state index contributed by atoms with van der Waals surface area (Å²) in [7, 11) is 0. The zero-order chi connectivity index (χ0) is 13.7. The third-order valence-electron chi connectivity index (χ3n) is 2.41. The van der Waals surface area contributed by atoms with Crippen LogP contribution in [0.25, 0.3) is 0 Å². The molecule has 2 aromatic carbocycles. The molecule has 0 amide bonds. The van der Waals surface area contributed by atoms with Gasteiger partial charge in [-0.2, -0.15) is 0 Å². The number of carboxylic acid groups (broad SMARTS) is 1. The van der Waals surface area contributed by atoms with Crippen LogP contribution in [-0.4, -0.2) is 17.0 Å². The maximum Gasteiger partial charge on any atom is 0.363 e. The molecule has 0 spiro atoms. The van der Waals surface area contributed by atoms with Crippen LogP contribution in [0, 0.1) is 0 Å². The zero-order valence-corrected chi connectivity index (χ0v) is 9.87. The predicted molar refractivity (Wildman–Crippen MR) is 68.9 cm³/mol. The van der Waals surface area contributed by atoms with Crippen LogP contribution in [0.3, 0.4) is 0 Å². The Kier molecular flexibility index (Phi) is 3.78. The molecule has 0 saturated heterocycles. The van der Waals surface area contributed by atoms with Crippen LogP contribution in [0.5, 0.6) is 0 Å². The lowest BCUT2D eigenvalue weighted by Gasteiger charge is -2.08. The highest BCUT2D eigenvalue weighted by molar-refractivity contribution is 6.02. The van der Waals surface area contributed by atoms with Gasteiger partial charge in [-0.1, -0.05) is 30.3 Å². The normalized spacial score (nSPS) is 9.68. The van der Waals surface area contributed by atoms with Gasteiger partial charge < -0.3 is 9.94 Å². The van der Waals surface area contributed by atoms with E-state index in [1.807, 2.05) is 6.07 Å². The minimum atomic E-state index is -1.17. The summed E-state index contributed by atoms with van der Waals surface area (Å²) in [5, 5.41) is 8.97. The average Bonchev–Trinajstić information content (AvgIpc) is 2.46. The number of nitrogens with one attached hydrogen (secondary N) is 1. The van der Waals surface area contributed by atoms with Crippen LogP contribution in [0.2, 0.25) is 0 Å². The minimum Gasteiger partial charge on any atom is -0.478 e. The molecular formula is C14H11NO4. The van der Waals surface area contributed by atoms with E-state index in [4.69, 9.17) is 9.94 Å². The number of rotatable bonds is 4. The highest BCUT2D eigenvalue weighted by Crippen LogP contribution is 2.11. The van der Waals surface area contributed by atoms with Crippen molar-refractivity contribution in [2.24, 2.45) is 0 Å². The highest BCUT2D eigenvalue weighted by atomic mass is 16.7. The third kappa shape index (κ3) is 3.10. The van der Waals surface area contributed by atoms with Crippen molar-refractivity contribution in [2.75, 3.05) is 5.48 Å². The molecule has 2 aromatic rings. The SMILES string of the molecule is O=C(O)c1ccccc1C(=O)ONc1ccccc1. The first kappa shape index (κ1) is 12.6. The van der Waals surface area contributed by atoms with Gasteiger partial charge in [-0.05, 0) is 24.3 Å². The fraction of sp³-hybridized carbons (Fsp3) is 0. The zero-order valence-electron chi connectivity index (χ0n) is 9.87. The molecule has 0 fully saturated rings. The summed E-state index contributed by atoms with van der Waals surface area (Å²) in [6, 6.07) is 14.7. The standard InChI is InChI=1S/C14H11NO4/c16-13(17)11-8-4-5-9-12(11)14(18)19-15-10-6-2-1-3-7-10/h1-9,15H,(H,16,17). The van der Waals surface area contributed by atoms with E-state index in [1.54, 1.807) is 36.4 Å². The largest absolute Gasteiger partial charge is 0.478 e. The van der Waals surface area contributed by atoms with Crippen LogP contribution in [0.15, 0.2) is 54.6 Å². The highest BCUT2D eigenvalue weighted by Gasteiger charge is 2.17. The number of para-hydroxylation sites is 1. The molecule has 0 saturated carbocycles. The molecule has 0 bridgehead atoms. The molecule has 0 heterocycles. The first-order valence-corrected chi connectivity index (χ1v) is 5.53. The Morgan fingerprint density at radius 2 is 1.47 bits per heavy atom. The van der Waals surface area contributed by atoms with Crippen molar-refractivity contribution in [3.05, 3.63) is 65.7 Å². The molecule has 5 heteroatoms. The summed E-state index contributed by atoms with van der Waals surface area (Å²) < 4.78 is 0. The van der Waals surface area contributed by atoms with E-state index in [-0.39, 0.29) is 11.1 Å². The van der Waals surface area contributed by atoms with Crippen LogP contribution in [0.1, 0.15) is 20.7 Å². The van der Waals surface area contributed by atoms with Crippen molar-refractivity contribution < 1.29 is 19.5 Å². The van der Waals surface area contributed by atoms with Crippen LogP contribution >= 0.6 is 0 Å². The predicted octanol–water partition coefficient (Wildman–Crippen LogP) is 2.57. The molecule has 0 radical (unpaired) electrons. The molecule has 0 aliphatic heterocycles. The van der Waals surface area contributed by atoms with Gasteiger partial charge in [0.1, 0.15) is 0 Å². The topological polar surface area (TPSA) is 75.6 Å². The molecule has 5 nitrogen and oxygen atoms in total. The number of anilines is 1. The van der Waals surface area contributed by atoms with Crippen LogP contribution in [-0.2, 0) is 4.84 Å². The Bertz CT molecular complexity index is 595. The van der Waals surface area contributed by atoms with Crippen molar-refractivity contribution in [1.82, 2.24) is 0 Å². The second kappa shape index (κ2) is 5.68. The summed E-state index contributed by atoms with van der Waals surface area (Å²) in [6.07, 6.45) is 0. The second-order valence-electron chi connectivity index (χ2n) is 3.71. The van der Waals surface area contributed by atoms with Gasteiger partial charge in [0, 0.05) is 0 Å². The van der Waals surface area contributed by atoms with E-state index in [9.17, 15) is 9.59 Å². The molecular weight excluding hydrogens is 246 g/mol. The summed E-state index contributed by atoms with van der Waals surface area (Å²) >= 11 is 0. The van der Waals surface area contributed by atoms with Gasteiger partial charge in [-0.3, -0.25) is 0 Å². The monoisotopic (exact) mass is 257 g/mol. The Hall–Kier alpha value is -2.82. The van der Waals surface area contributed by atoms with Crippen LogP contribution in [0.4, 0.5) is 5.69 Å². The summed E-state index contributed by atoms with van der Waals surface area (Å²) in [5.74, 6) is -1.92. The minimum absolute atomic E-state index is 0.00145. The maximum absolute atomic E-state index is 11.8. The number of carboxylic acids is 1. The fourth-order valence-corrected chi connectivity index (χ4v) is 1.51. The van der Waals surface area contributed by atoms with Gasteiger partial charge in [0.2, 0.25) is 0 Å². The quantitative estimate of drug-likeness (QED) is 0.823. The fourth-order valence-electron chi connectivity index (χ4n) is 1.51. The second-order valence-corrected chi connectivity index (χ2v) is 3.71. The van der Waals surface area contributed by atoms with Gasteiger partial charge in [-0.25, -0.2) is 15.1 Å². The smallest absolute Gasteiger partial charge is 0.363 e. The molecule has 0 aromatic heterocycles. The number of hydrogen-bond donors (Lipinski definition) is 2. The first-order chi connectivity index (χ1) is 9.18.